The predicted octanol–water partition coefficient (Wildman–Crippen LogP) is 5.39. The van der Waals surface area contributed by atoms with Gasteiger partial charge < -0.3 is 0 Å². The van der Waals surface area contributed by atoms with Crippen LogP contribution in [0, 0.1) is 10.8 Å². The minimum Gasteiger partial charge on any atom is -0.262 e. The van der Waals surface area contributed by atoms with Crippen molar-refractivity contribution in [2.45, 2.75) is 61.8 Å². The first-order chi connectivity index (χ1) is 7.54. The summed E-state index contributed by atoms with van der Waals surface area (Å²) in [5.74, 6) is 0. The van der Waals surface area contributed by atoms with Crippen LogP contribution < -0.4 is 0 Å². The molecular weight excluding hydrogens is 206 g/mol. The zero-order valence-corrected chi connectivity index (χ0v) is 12.9. The molecule has 0 bridgehead atoms. The molecule has 1 heteroatoms. The molecule has 0 aliphatic heterocycles. The number of nitrogens with zero attached hydrogens (tertiary/aromatic N) is 1. The number of aliphatic imine (C=N–C) groups is 1. The maximum atomic E-state index is 4.83. The van der Waals surface area contributed by atoms with Gasteiger partial charge in [0.2, 0.25) is 0 Å². The first-order valence-electron chi connectivity index (χ1n) is 6.45. The highest BCUT2D eigenvalue weighted by atomic mass is 14.8. The summed E-state index contributed by atoms with van der Waals surface area (Å²) in [5.41, 5.74) is 3.73. The molecule has 0 aromatic rings. The van der Waals surface area contributed by atoms with Crippen LogP contribution >= 0.6 is 0 Å². The average Bonchev–Trinajstić information content (AvgIpc) is 2.13. The van der Waals surface area contributed by atoms with Crippen LogP contribution in [0.5, 0.6) is 0 Å². The van der Waals surface area contributed by atoms with Crippen LogP contribution in [0.4, 0.5) is 0 Å². The zero-order chi connectivity index (χ0) is 13.9. The molecule has 0 rings (SSSR count). The van der Waals surface area contributed by atoms with E-state index in [9.17, 15) is 0 Å². The molecule has 0 spiro atoms. The lowest BCUT2D eigenvalue weighted by atomic mass is 9.78. The first kappa shape index (κ1) is 16.1. The molecule has 0 fully saturated rings. The van der Waals surface area contributed by atoms with Crippen LogP contribution in [-0.2, 0) is 0 Å². The number of hydrogen-bond acceptors (Lipinski definition) is 1. The molecule has 0 amide bonds. The minimum absolute atomic E-state index is 0.0488. The van der Waals surface area contributed by atoms with Crippen molar-refractivity contribution in [3.05, 3.63) is 23.9 Å². The Morgan fingerprint density at radius 3 is 1.76 bits per heavy atom. The second-order valence-electron chi connectivity index (χ2n) is 6.67. The van der Waals surface area contributed by atoms with Gasteiger partial charge in [0.25, 0.3) is 0 Å². The Morgan fingerprint density at radius 2 is 1.53 bits per heavy atom. The van der Waals surface area contributed by atoms with Gasteiger partial charge in [0.05, 0.1) is 0 Å². The molecule has 0 aliphatic rings. The van der Waals surface area contributed by atoms with Gasteiger partial charge in [0, 0.05) is 16.8 Å². The summed E-state index contributed by atoms with van der Waals surface area (Å²) in [7, 11) is 0. The first-order valence-corrected chi connectivity index (χ1v) is 6.45. The fourth-order valence-electron chi connectivity index (χ4n) is 1.66. The van der Waals surface area contributed by atoms with Crippen molar-refractivity contribution in [3.63, 3.8) is 0 Å². The molecule has 17 heavy (non-hydrogen) atoms. The fraction of sp³-hybridized carbons (Fsp3) is 0.688. The lowest BCUT2D eigenvalue weighted by molar-refractivity contribution is 0.449. The van der Waals surface area contributed by atoms with Gasteiger partial charge in [-0.15, -0.1) is 0 Å². The van der Waals surface area contributed by atoms with Crippen LogP contribution in [-0.4, -0.2) is 5.71 Å². The molecule has 0 atom stereocenters. The standard InChI is InChI=1S/C16H29N/c1-10-12(3)17-14(16(7,8)9)13(11-2)15(4,5)6/h11H,2,10H2,1,3-9H3/b14-13+,17-12?. The summed E-state index contributed by atoms with van der Waals surface area (Å²) >= 11 is 0. The molecule has 0 aromatic carbocycles. The van der Waals surface area contributed by atoms with Gasteiger partial charge in [-0.05, 0) is 24.3 Å². The summed E-state index contributed by atoms with van der Waals surface area (Å²) in [6.45, 7) is 21.5. The molecule has 0 N–H and O–H groups in total. The van der Waals surface area contributed by atoms with E-state index in [1.807, 2.05) is 6.08 Å². The van der Waals surface area contributed by atoms with E-state index in [-0.39, 0.29) is 10.8 Å². The maximum absolute atomic E-state index is 4.83. The number of allylic oxidation sites excluding steroid dienone is 3. The maximum Gasteiger partial charge on any atom is 0.0493 e. The molecule has 0 saturated carbocycles. The second-order valence-corrected chi connectivity index (χ2v) is 6.67. The van der Waals surface area contributed by atoms with Crippen LogP contribution in [0.2, 0.25) is 0 Å². The Hall–Kier alpha value is -0.850. The summed E-state index contributed by atoms with van der Waals surface area (Å²) in [4.78, 5) is 4.83. The Bertz CT molecular complexity index is 330. The fourth-order valence-corrected chi connectivity index (χ4v) is 1.66. The Labute approximate surface area is 108 Å². The lowest BCUT2D eigenvalue weighted by Crippen LogP contribution is -2.18. The SMILES string of the molecule is C=C/C(=C(\N=C(C)CC)C(C)(C)C)C(C)(C)C. The topological polar surface area (TPSA) is 12.4 Å². The van der Waals surface area contributed by atoms with E-state index in [0.29, 0.717) is 0 Å². The van der Waals surface area contributed by atoms with Crippen molar-refractivity contribution in [1.29, 1.82) is 0 Å². The largest absolute Gasteiger partial charge is 0.262 e. The van der Waals surface area contributed by atoms with Gasteiger partial charge in [-0.1, -0.05) is 61.1 Å². The van der Waals surface area contributed by atoms with Crippen LogP contribution in [0.3, 0.4) is 0 Å². The molecular formula is C16H29N. The van der Waals surface area contributed by atoms with Crippen molar-refractivity contribution in [2.24, 2.45) is 15.8 Å². The highest BCUT2D eigenvalue weighted by molar-refractivity contribution is 5.82. The third kappa shape index (κ3) is 4.89. The van der Waals surface area contributed by atoms with E-state index in [4.69, 9.17) is 4.99 Å². The van der Waals surface area contributed by atoms with E-state index in [0.717, 1.165) is 6.42 Å². The zero-order valence-electron chi connectivity index (χ0n) is 12.9. The Balaban J connectivity index is 5.92. The van der Waals surface area contributed by atoms with Crippen LogP contribution in [0.25, 0.3) is 0 Å². The lowest BCUT2D eigenvalue weighted by Gasteiger charge is -2.29. The van der Waals surface area contributed by atoms with Gasteiger partial charge >= 0.3 is 0 Å². The summed E-state index contributed by atoms with van der Waals surface area (Å²) in [5, 5.41) is 0. The number of hydrogen-bond donors (Lipinski definition) is 0. The van der Waals surface area contributed by atoms with Crippen LogP contribution in [0.15, 0.2) is 28.9 Å². The summed E-state index contributed by atoms with van der Waals surface area (Å²) < 4.78 is 0. The highest BCUT2D eigenvalue weighted by Crippen LogP contribution is 2.37. The monoisotopic (exact) mass is 235 g/mol. The van der Waals surface area contributed by atoms with E-state index >= 15 is 0 Å². The van der Waals surface area contributed by atoms with Crippen molar-refractivity contribution in [2.75, 3.05) is 0 Å². The molecule has 0 heterocycles. The molecule has 1 nitrogen and oxygen atoms in total. The third-order valence-electron chi connectivity index (χ3n) is 2.79. The quantitative estimate of drug-likeness (QED) is 0.459. The minimum atomic E-state index is 0.0488. The van der Waals surface area contributed by atoms with Crippen molar-refractivity contribution in [3.8, 4) is 0 Å². The van der Waals surface area contributed by atoms with E-state index in [1.54, 1.807) is 0 Å². The molecule has 0 radical (unpaired) electrons. The van der Waals surface area contributed by atoms with Gasteiger partial charge in [-0.2, -0.15) is 0 Å². The van der Waals surface area contributed by atoms with E-state index in [2.05, 4.69) is 62.0 Å². The highest BCUT2D eigenvalue weighted by Gasteiger charge is 2.26. The summed E-state index contributed by atoms with van der Waals surface area (Å²) in [6, 6.07) is 0. The summed E-state index contributed by atoms with van der Waals surface area (Å²) in [6.07, 6.45) is 2.96. The smallest absolute Gasteiger partial charge is 0.0493 e. The number of rotatable bonds is 3. The Kier molecular flexibility index (Phi) is 5.38. The molecule has 98 valence electrons. The van der Waals surface area contributed by atoms with Gasteiger partial charge in [-0.25, -0.2) is 0 Å². The molecule has 0 aromatic heterocycles. The molecule has 0 aliphatic carbocycles. The van der Waals surface area contributed by atoms with Gasteiger partial charge in [0.15, 0.2) is 0 Å². The van der Waals surface area contributed by atoms with E-state index in [1.165, 1.54) is 17.0 Å². The third-order valence-corrected chi connectivity index (χ3v) is 2.79. The normalized spacial score (nSPS) is 15.6. The second kappa shape index (κ2) is 5.66. The predicted molar refractivity (Wildman–Crippen MR) is 79.5 cm³/mol. The van der Waals surface area contributed by atoms with Gasteiger partial charge in [-0.3, -0.25) is 4.99 Å². The van der Waals surface area contributed by atoms with Crippen molar-refractivity contribution >= 4 is 5.71 Å². The van der Waals surface area contributed by atoms with E-state index < -0.39 is 0 Å². The molecule has 0 saturated heterocycles. The van der Waals surface area contributed by atoms with Crippen molar-refractivity contribution in [1.82, 2.24) is 0 Å². The molecule has 0 unspecified atom stereocenters. The Morgan fingerprint density at radius 1 is 1.06 bits per heavy atom. The average molecular weight is 235 g/mol. The van der Waals surface area contributed by atoms with Crippen LogP contribution in [0.1, 0.15) is 61.8 Å². The van der Waals surface area contributed by atoms with Crippen molar-refractivity contribution < 1.29 is 0 Å². The van der Waals surface area contributed by atoms with Gasteiger partial charge in [0.1, 0.15) is 0 Å².